The maximum atomic E-state index is 6.59. The van der Waals surface area contributed by atoms with Gasteiger partial charge < -0.3 is 9.80 Å². The molecule has 1 fully saturated rings. The molecule has 1 aromatic heterocycles. The molecular formula is C27H25ClN6. The standard InChI is InChI=1S/C27H25ClN6/c1-31-14-16-32(17-15-31)26-19-25-29-30-27(20-8-4-2-5-9-20)34(25)23-13-12-21(28)18-24(23)33(26)22-10-6-3-7-11-22/h2-13,18-19H,14-17H2,1H3. The molecule has 0 saturated carbocycles. The number of hydrogen-bond donors (Lipinski definition) is 0. The average molecular weight is 469 g/mol. The van der Waals surface area contributed by atoms with E-state index in [2.05, 4.69) is 85.1 Å². The van der Waals surface area contributed by atoms with Gasteiger partial charge in [-0.3, -0.25) is 9.47 Å². The molecule has 7 heteroatoms. The van der Waals surface area contributed by atoms with Crippen LogP contribution in [-0.4, -0.2) is 57.8 Å². The number of aromatic nitrogens is 3. The highest BCUT2D eigenvalue weighted by Gasteiger charge is 2.30. The smallest absolute Gasteiger partial charge is 0.168 e. The molecule has 1 saturated heterocycles. The third-order valence-electron chi connectivity index (χ3n) is 6.47. The molecule has 0 bridgehead atoms. The minimum atomic E-state index is 0.690. The Bertz CT molecular complexity index is 1340. The first-order valence-electron chi connectivity index (χ1n) is 11.5. The number of para-hydroxylation sites is 1. The van der Waals surface area contributed by atoms with Crippen molar-refractivity contribution in [3.63, 3.8) is 0 Å². The highest BCUT2D eigenvalue weighted by Crippen LogP contribution is 2.42. The number of halogens is 1. The molecule has 0 radical (unpaired) electrons. The van der Waals surface area contributed by atoms with Crippen molar-refractivity contribution in [1.82, 2.24) is 24.6 Å². The van der Waals surface area contributed by atoms with Gasteiger partial charge in [-0.1, -0.05) is 60.1 Å². The van der Waals surface area contributed by atoms with Crippen molar-refractivity contribution < 1.29 is 0 Å². The fourth-order valence-electron chi connectivity index (χ4n) is 4.69. The Morgan fingerprint density at radius 2 is 1.47 bits per heavy atom. The Morgan fingerprint density at radius 3 is 2.21 bits per heavy atom. The van der Waals surface area contributed by atoms with Gasteiger partial charge in [-0.05, 0) is 37.4 Å². The van der Waals surface area contributed by atoms with Gasteiger partial charge in [0.2, 0.25) is 0 Å². The highest BCUT2D eigenvalue weighted by atomic mass is 35.5. The molecule has 6 rings (SSSR count). The van der Waals surface area contributed by atoms with E-state index in [-0.39, 0.29) is 0 Å². The molecule has 0 unspecified atom stereocenters. The van der Waals surface area contributed by atoms with Crippen molar-refractivity contribution in [1.29, 1.82) is 0 Å². The summed E-state index contributed by atoms with van der Waals surface area (Å²) in [4.78, 5) is 7.10. The molecule has 0 aliphatic carbocycles. The number of benzene rings is 3. The molecule has 34 heavy (non-hydrogen) atoms. The zero-order valence-electron chi connectivity index (χ0n) is 19.0. The number of anilines is 2. The minimum Gasteiger partial charge on any atom is -0.355 e. The third-order valence-corrected chi connectivity index (χ3v) is 6.70. The maximum Gasteiger partial charge on any atom is 0.168 e. The number of likely N-dealkylation sites (N-methyl/N-ethyl adjacent to an activating group) is 1. The molecule has 2 aliphatic rings. The summed E-state index contributed by atoms with van der Waals surface area (Å²) < 4.78 is 2.14. The van der Waals surface area contributed by atoms with E-state index < -0.39 is 0 Å². The monoisotopic (exact) mass is 468 g/mol. The second kappa shape index (κ2) is 8.63. The fraction of sp³-hybridized carbons (Fsp3) is 0.185. The van der Waals surface area contributed by atoms with Crippen LogP contribution in [0.2, 0.25) is 5.02 Å². The molecule has 0 spiro atoms. The Hall–Kier alpha value is -3.61. The topological polar surface area (TPSA) is 40.4 Å². The molecule has 0 N–H and O–H groups in total. The summed E-state index contributed by atoms with van der Waals surface area (Å²) in [6.07, 6.45) is 2.16. The van der Waals surface area contributed by atoms with Crippen LogP contribution in [0.1, 0.15) is 5.82 Å². The van der Waals surface area contributed by atoms with Gasteiger partial charge in [0.1, 0.15) is 5.82 Å². The Labute approximate surface area is 204 Å². The van der Waals surface area contributed by atoms with E-state index in [1.807, 2.05) is 36.4 Å². The van der Waals surface area contributed by atoms with E-state index in [0.29, 0.717) is 5.02 Å². The van der Waals surface area contributed by atoms with Gasteiger partial charge in [0.05, 0.1) is 11.4 Å². The maximum absolute atomic E-state index is 6.59. The SMILES string of the molecule is CN1CCN(C2=Cc3nnc(-c4ccccc4)n3-c3ccc(Cl)cc3N2c2ccccc2)CC1. The number of fused-ring (bicyclic) bond motifs is 3. The summed E-state index contributed by atoms with van der Waals surface area (Å²) in [6.45, 7) is 3.87. The van der Waals surface area contributed by atoms with Gasteiger partial charge in [0.25, 0.3) is 0 Å². The largest absolute Gasteiger partial charge is 0.355 e. The zero-order valence-corrected chi connectivity index (χ0v) is 19.7. The summed E-state index contributed by atoms with van der Waals surface area (Å²) in [5.74, 6) is 2.69. The minimum absolute atomic E-state index is 0.690. The summed E-state index contributed by atoms with van der Waals surface area (Å²) in [5, 5.41) is 9.94. The average Bonchev–Trinajstić information content (AvgIpc) is 3.23. The molecule has 0 amide bonds. The Morgan fingerprint density at radius 1 is 0.765 bits per heavy atom. The molecule has 3 heterocycles. The van der Waals surface area contributed by atoms with Crippen LogP contribution in [0.5, 0.6) is 0 Å². The van der Waals surface area contributed by atoms with Crippen molar-refractivity contribution in [3.8, 4) is 17.1 Å². The highest BCUT2D eigenvalue weighted by molar-refractivity contribution is 6.31. The van der Waals surface area contributed by atoms with E-state index in [1.165, 1.54) is 0 Å². The molecule has 4 aromatic rings. The van der Waals surface area contributed by atoms with Crippen molar-refractivity contribution in [2.75, 3.05) is 38.1 Å². The zero-order chi connectivity index (χ0) is 23.1. The quantitative estimate of drug-likeness (QED) is 0.409. The van der Waals surface area contributed by atoms with Crippen molar-refractivity contribution in [3.05, 3.63) is 95.5 Å². The summed E-state index contributed by atoms with van der Waals surface area (Å²) in [6, 6.07) is 26.7. The predicted octanol–water partition coefficient (Wildman–Crippen LogP) is 5.29. The van der Waals surface area contributed by atoms with Gasteiger partial charge in [-0.25, -0.2) is 0 Å². The molecule has 0 atom stereocenters. The van der Waals surface area contributed by atoms with Crippen LogP contribution >= 0.6 is 11.6 Å². The molecule has 170 valence electrons. The van der Waals surface area contributed by atoms with E-state index in [0.717, 1.165) is 66.3 Å². The van der Waals surface area contributed by atoms with Crippen LogP contribution in [-0.2, 0) is 0 Å². The van der Waals surface area contributed by atoms with Crippen LogP contribution in [0.15, 0.2) is 84.7 Å². The Kier molecular flexibility index (Phi) is 5.32. The number of nitrogens with zero attached hydrogens (tertiary/aromatic N) is 6. The van der Waals surface area contributed by atoms with Crippen LogP contribution in [0.4, 0.5) is 11.4 Å². The first-order valence-corrected chi connectivity index (χ1v) is 11.9. The lowest BCUT2D eigenvalue weighted by molar-refractivity contribution is 0.186. The van der Waals surface area contributed by atoms with Gasteiger partial charge in [-0.15, -0.1) is 10.2 Å². The fourth-order valence-corrected chi connectivity index (χ4v) is 4.85. The number of rotatable bonds is 3. The molecular weight excluding hydrogens is 444 g/mol. The lowest BCUT2D eigenvalue weighted by Gasteiger charge is -2.40. The van der Waals surface area contributed by atoms with E-state index in [4.69, 9.17) is 11.6 Å². The lowest BCUT2D eigenvalue weighted by atomic mass is 10.1. The normalized spacial score (nSPS) is 16.0. The number of piperazine rings is 1. The number of hydrogen-bond acceptors (Lipinski definition) is 5. The second-order valence-electron chi connectivity index (χ2n) is 8.68. The summed E-state index contributed by atoms with van der Waals surface area (Å²) in [7, 11) is 2.17. The van der Waals surface area contributed by atoms with Crippen molar-refractivity contribution >= 4 is 29.1 Å². The van der Waals surface area contributed by atoms with E-state index in [9.17, 15) is 0 Å². The van der Waals surface area contributed by atoms with E-state index >= 15 is 0 Å². The van der Waals surface area contributed by atoms with Crippen LogP contribution in [0, 0.1) is 0 Å². The van der Waals surface area contributed by atoms with Crippen molar-refractivity contribution in [2.24, 2.45) is 0 Å². The third kappa shape index (κ3) is 3.65. The van der Waals surface area contributed by atoms with Crippen LogP contribution in [0.3, 0.4) is 0 Å². The second-order valence-corrected chi connectivity index (χ2v) is 9.12. The van der Waals surface area contributed by atoms with Gasteiger partial charge in [0.15, 0.2) is 11.6 Å². The van der Waals surface area contributed by atoms with Crippen LogP contribution in [0.25, 0.3) is 23.2 Å². The van der Waals surface area contributed by atoms with E-state index in [1.54, 1.807) is 0 Å². The van der Waals surface area contributed by atoms with Crippen molar-refractivity contribution in [2.45, 2.75) is 0 Å². The summed E-state index contributed by atoms with van der Waals surface area (Å²) in [5.41, 5.74) is 4.09. The first-order chi connectivity index (χ1) is 16.7. The molecule has 2 aliphatic heterocycles. The summed E-state index contributed by atoms with van der Waals surface area (Å²) >= 11 is 6.59. The van der Waals surface area contributed by atoms with Gasteiger partial charge >= 0.3 is 0 Å². The first kappa shape index (κ1) is 21.0. The lowest BCUT2D eigenvalue weighted by Crippen LogP contribution is -2.46. The van der Waals surface area contributed by atoms with Gasteiger partial charge in [0, 0.05) is 48.5 Å². The predicted molar refractivity (Wildman–Crippen MR) is 137 cm³/mol. The molecule has 6 nitrogen and oxygen atoms in total. The molecule has 3 aromatic carbocycles. The van der Waals surface area contributed by atoms with Gasteiger partial charge in [-0.2, -0.15) is 0 Å². The Balaban J connectivity index is 1.62. The van der Waals surface area contributed by atoms with Crippen LogP contribution < -0.4 is 4.90 Å².